The molecule has 0 aromatic carbocycles. The maximum absolute atomic E-state index is 11.5. The Bertz CT molecular complexity index is 427. The number of rotatable bonds is 2. The van der Waals surface area contributed by atoms with Crippen molar-refractivity contribution in [3.05, 3.63) is 6.33 Å². The summed E-state index contributed by atoms with van der Waals surface area (Å²) in [6.45, 7) is 3.62. The van der Waals surface area contributed by atoms with E-state index in [0.717, 1.165) is 0 Å². The van der Waals surface area contributed by atoms with Gasteiger partial charge in [-0.25, -0.2) is 20.3 Å². The molecule has 1 aliphatic heterocycles. The topological polar surface area (TPSA) is 81.3 Å². The predicted octanol–water partition coefficient (Wildman–Crippen LogP) is 0.980. The summed E-state index contributed by atoms with van der Waals surface area (Å²) < 4.78 is 0. The number of aliphatic imine (C=N–C) groups is 1. The van der Waals surface area contributed by atoms with Crippen molar-refractivity contribution >= 4 is 29.6 Å². The van der Waals surface area contributed by atoms with Crippen LogP contribution in [0.4, 0.5) is 17.3 Å². The molecular weight excluding hydrogens is 194 g/mol. The summed E-state index contributed by atoms with van der Waals surface area (Å²) in [6.07, 6.45) is 2.75. The van der Waals surface area contributed by atoms with Crippen LogP contribution in [0.15, 0.2) is 11.3 Å². The Morgan fingerprint density at radius 3 is 2.93 bits per heavy atom. The van der Waals surface area contributed by atoms with Gasteiger partial charge in [-0.2, -0.15) is 0 Å². The number of anilines is 1. The molecule has 0 spiro atoms. The molecule has 15 heavy (non-hydrogen) atoms. The number of fused-ring (bicyclic) bond motifs is 1. The third-order valence-corrected chi connectivity index (χ3v) is 1.94. The molecule has 1 N–H and O–H groups in total. The normalized spacial score (nSPS) is 12.5. The van der Waals surface area contributed by atoms with Crippen molar-refractivity contribution in [1.29, 1.82) is 0 Å². The van der Waals surface area contributed by atoms with E-state index in [1.165, 1.54) is 12.7 Å². The van der Waals surface area contributed by atoms with Crippen molar-refractivity contribution in [1.82, 2.24) is 15.3 Å². The number of hydrogen-bond acceptors (Lipinski definition) is 4. The van der Waals surface area contributed by atoms with Crippen LogP contribution in [-0.2, 0) is 4.79 Å². The van der Waals surface area contributed by atoms with E-state index >= 15 is 0 Å². The van der Waals surface area contributed by atoms with E-state index < -0.39 is 0 Å². The fourth-order valence-corrected chi connectivity index (χ4v) is 1.08. The van der Waals surface area contributed by atoms with Gasteiger partial charge in [-0.3, -0.25) is 4.79 Å². The quantitative estimate of drug-likeness (QED) is 0.779. The summed E-state index contributed by atoms with van der Waals surface area (Å²) >= 11 is 0. The molecule has 6 heteroatoms. The van der Waals surface area contributed by atoms with E-state index in [1.807, 2.05) is 13.8 Å². The van der Waals surface area contributed by atoms with Gasteiger partial charge < -0.3 is 5.32 Å². The van der Waals surface area contributed by atoms with E-state index in [-0.39, 0.29) is 11.8 Å². The van der Waals surface area contributed by atoms with Gasteiger partial charge in [-0.15, -0.1) is 0 Å². The van der Waals surface area contributed by atoms with Gasteiger partial charge in [0.2, 0.25) is 5.91 Å². The van der Waals surface area contributed by atoms with Crippen molar-refractivity contribution in [2.75, 3.05) is 5.32 Å². The zero-order chi connectivity index (χ0) is 10.8. The number of hydrogen-bond donors (Lipinski definition) is 1. The number of carbonyl (C=O) groups excluding carboxylic acids is 1. The predicted molar refractivity (Wildman–Crippen MR) is 55.4 cm³/mol. The maximum Gasteiger partial charge on any atom is 0.228 e. The van der Waals surface area contributed by atoms with Crippen molar-refractivity contribution in [3.63, 3.8) is 0 Å². The van der Waals surface area contributed by atoms with Crippen LogP contribution in [0.3, 0.4) is 0 Å². The summed E-state index contributed by atoms with van der Waals surface area (Å²) in [5.74, 6) is 0.705. The highest BCUT2D eigenvalue weighted by atomic mass is 16.1. The Labute approximate surface area is 86.8 Å². The molecule has 2 rings (SSSR count). The smallest absolute Gasteiger partial charge is 0.228 e. The molecule has 0 bridgehead atoms. The minimum Gasteiger partial charge on any atom is -0.308 e. The van der Waals surface area contributed by atoms with Gasteiger partial charge in [-0.05, 0) is 0 Å². The minimum absolute atomic E-state index is 0.0991. The van der Waals surface area contributed by atoms with Crippen molar-refractivity contribution in [2.24, 2.45) is 10.9 Å². The first-order chi connectivity index (χ1) is 7.18. The van der Waals surface area contributed by atoms with Crippen LogP contribution < -0.4 is 10.6 Å². The molecule has 1 amide bonds. The van der Waals surface area contributed by atoms with Crippen LogP contribution in [0.25, 0.3) is 0 Å². The Balaban J connectivity index is 2.26. The minimum atomic E-state index is -0.0991. The summed E-state index contributed by atoms with van der Waals surface area (Å²) in [7, 11) is 0. The first kappa shape index (κ1) is 9.57. The average molecular weight is 204 g/mol. The van der Waals surface area contributed by atoms with Gasteiger partial charge in [-0.1, -0.05) is 13.8 Å². The molecule has 0 fully saturated rings. The lowest BCUT2D eigenvalue weighted by molar-refractivity contribution is -0.118. The molecule has 1 aliphatic rings. The Hall–Kier alpha value is -1.98. The van der Waals surface area contributed by atoms with Crippen molar-refractivity contribution in [2.45, 2.75) is 13.8 Å². The molecule has 77 valence electrons. The number of nitrogens with zero attached hydrogens (tertiary/aromatic N) is 4. The van der Waals surface area contributed by atoms with Gasteiger partial charge in [0, 0.05) is 5.92 Å². The van der Waals surface area contributed by atoms with Crippen LogP contribution in [0.5, 0.6) is 0 Å². The second-order valence-electron chi connectivity index (χ2n) is 3.41. The van der Waals surface area contributed by atoms with Crippen LogP contribution >= 0.6 is 0 Å². The zero-order valence-electron chi connectivity index (χ0n) is 8.43. The zero-order valence-corrected chi connectivity index (χ0v) is 8.43. The van der Waals surface area contributed by atoms with Gasteiger partial charge >= 0.3 is 0 Å². The fraction of sp³-hybridized carbons (Fsp3) is 0.333. The van der Waals surface area contributed by atoms with Crippen LogP contribution in [0.2, 0.25) is 0 Å². The first-order valence-corrected chi connectivity index (χ1v) is 4.57. The molecule has 0 atom stereocenters. The van der Waals surface area contributed by atoms with E-state index in [9.17, 15) is 4.79 Å². The van der Waals surface area contributed by atoms with Gasteiger partial charge in [0.1, 0.15) is 12.7 Å². The second-order valence-corrected chi connectivity index (χ2v) is 3.41. The summed E-state index contributed by atoms with van der Waals surface area (Å²) in [6, 6.07) is 0. The van der Waals surface area contributed by atoms with Crippen molar-refractivity contribution < 1.29 is 4.79 Å². The molecule has 0 saturated carbocycles. The number of aromatic nitrogens is 2. The van der Waals surface area contributed by atoms with Gasteiger partial charge in [0.05, 0.1) is 0 Å². The lowest BCUT2D eigenvalue weighted by Gasteiger charge is -2.07. The van der Waals surface area contributed by atoms with Crippen molar-refractivity contribution in [3.8, 4) is 0 Å². The third-order valence-electron chi connectivity index (χ3n) is 1.94. The molecule has 2 heterocycles. The molecule has 6 nitrogen and oxygen atoms in total. The van der Waals surface area contributed by atoms with E-state index in [4.69, 9.17) is 0 Å². The second kappa shape index (κ2) is 3.64. The van der Waals surface area contributed by atoms with E-state index in [1.54, 1.807) is 0 Å². The maximum atomic E-state index is 11.5. The highest BCUT2D eigenvalue weighted by Crippen LogP contribution is 2.32. The number of amides is 1. The third kappa shape index (κ3) is 1.78. The highest BCUT2D eigenvalue weighted by Gasteiger charge is 2.17. The monoisotopic (exact) mass is 204 g/mol. The molecule has 0 unspecified atom stereocenters. The molecule has 0 aliphatic carbocycles. The molecular formula is C9H10N5O. The molecule has 0 saturated heterocycles. The lowest BCUT2D eigenvalue weighted by Crippen LogP contribution is -2.18. The summed E-state index contributed by atoms with van der Waals surface area (Å²) in [4.78, 5) is 23.3. The van der Waals surface area contributed by atoms with Crippen LogP contribution in [0, 0.1) is 5.92 Å². The first-order valence-electron chi connectivity index (χ1n) is 4.57. The Morgan fingerprint density at radius 1 is 1.40 bits per heavy atom. The number of carbonyl (C=O) groups is 1. The van der Waals surface area contributed by atoms with Crippen LogP contribution in [-0.4, -0.2) is 22.2 Å². The largest absolute Gasteiger partial charge is 0.308 e. The van der Waals surface area contributed by atoms with Crippen LogP contribution in [0.1, 0.15) is 13.8 Å². The SMILES string of the molecule is CC(C)C(=O)Nc1ncnc2c1N=C[N]2. The summed E-state index contributed by atoms with van der Waals surface area (Å²) in [5, 5.41) is 6.60. The molecule has 1 aromatic rings. The molecule has 1 radical (unpaired) electrons. The average Bonchev–Trinajstić information content (AvgIpc) is 2.66. The Morgan fingerprint density at radius 2 is 2.20 bits per heavy atom. The lowest BCUT2D eigenvalue weighted by atomic mass is 10.2. The standard InChI is InChI=1S/C9H10N5O/c1-5(2)9(15)14-8-6-7(11-3-10-6)12-4-13-8/h3-5H,1-2H3,(H,12,13,14,15). The fourth-order valence-electron chi connectivity index (χ4n) is 1.08. The van der Waals surface area contributed by atoms with E-state index in [2.05, 4.69) is 25.6 Å². The van der Waals surface area contributed by atoms with Gasteiger partial charge in [0.25, 0.3) is 0 Å². The van der Waals surface area contributed by atoms with E-state index in [0.29, 0.717) is 17.3 Å². The summed E-state index contributed by atoms with van der Waals surface area (Å²) in [5.41, 5.74) is 0.520. The molecule has 1 aromatic heterocycles. The van der Waals surface area contributed by atoms with Gasteiger partial charge in [0.15, 0.2) is 17.3 Å². The Kier molecular flexibility index (Phi) is 2.32. The number of nitrogens with one attached hydrogen (secondary N) is 1. The highest BCUT2D eigenvalue weighted by molar-refractivity contribution is 5.96.